The lowest BCUT2D eigenvalue weighted by Crippen LogP contribution is -2.43. The molecule has 3 rings (SSSR count). The molecule has 1 fully saturated rings. The highest BCUT2D eigenvalue weighted by Gasteiger charge is 2.55. The number of amides is 3. The van der Waals surface area contributed by atoms with Gasteiger partial charge in [-0.25, -0.2) is 9.59 Å². The molecule has 1 N–H and O–H groups in total. The molecular formula is C17H18N2O6. The van der Waals surface area contributed by atoms with E-state index >= 15 is 0 Å². The molecule has 1 saturated heterocycles. The van der Waals surface area contributed by atoms with Crippen LogP contribution in [0.15, 0.2) is 24.3 Å². The van der Waals surface area contributed by atoms with Crippen LogP contribution in [-0.4, -0.2) is 48.5 Å². The van der Waals surface area contributed by atoms with Gasteiger partial charge in [-0.3, -0.25) is 14.5 Å². The van der Waals surface area contributed by atoms with Gasteiger partial charge in [0.25, 0.3) is 5.91 Å². The summed E-state index contributed by atoms with van der Waals surface area (Å²) in [6.45, 7) is 0.792. The number of urea groups is 1. The average molecular weight is 346 g/mol. The van der Waals surface area contributed by atoms with Crippen LogP contribution in [0, 0.1) is 0 Å². The second kappa shape index (κ2) is 6.19. The Morgan fingerprint density at radius 3 is 2.76 bits per heavy atom. The summed E-state index contributed by atoms with van der Waals surface area (Å²) in [7, 11) is 1.17. The minimum absolute atomic E-state index is 0.445. The number of imide groups is 1. The lowest BCUT2D eigenvalue weighted by molar-refractivity contribution is -0.165. The summed E-state index contributed by atoms with van der Waals surface area (Å²) in [5, 5.41) is 2.72. The Morgan fingerprint density at radius 2 is 2.04 bits per heavy atom. The Hall–Kier alpha value is -2.90. The van der Waals surface area contributed by atoms with Crippen LogP contribution in [0.1, 0.15) is 24.5 Å². The molecule has 0 unspecified atom stereocenters. The van der Waals surface area contributed by atoms with Crippen molar-refractivity contribution in [2.45, 2.75) is 31.4 Å². The molecular weight excluding hydrogens is 328 g/mol. The van der Waals surface area contributed by atoms with E-state index in [9.17, 15) is 19.2 Å². The summed E-state index contributed by atoms with van der Waals surface area (Å²) < 4.78 is 9.36. The van der Waals surface area contributed by atoms with Crippen LogP contribution in [0.2, 0.25) is 0 Å². The maximum absolute atomic E-state index is 12.9. The van der Waals surface area contributed by atoms with Crippen molar-refractivity contribution in [2.24, 2.45) is 0 Å². The average Bonchev–Trinajstić information content (AvgIpc) is 3.08. The zero-order valence-electron chi connectivity index (χ0n) is 13.9. The largest absolute Gasteiger partial charge is 0.466 e. The van der Waals surface area contributed by atoms with E-state index in [2.05, 4.69) is 10.1 Å². The van der Waals surface area contributed by atoms with E-state index < -0.39 is 42.1 Å². The number of hydrogen-bond acceptors (Lipinski definition) is 6. The summed E-state index contributed by atoms with van der Waals surface area (Å²) >= 11 is 0. The van der Waals surface area contributed by atoms with Gasteiger partial charge in [-0.1, -0.05) is 24.3 Å². The predicted octanol–water partition coefficient (Wildman–Crippen LogP) is 0.485. The van der Waals surface area contributed by atoms with Crippen LogP contribution >= 0.6 is 0 Å². The molecule has 132 valence electrons. The van der Waals surface area contributed by atoms with Gasteiger partial charge in [0.2, 0.25) is 0 Å². The maximum atomic E-state index is 12.9. The van der Waals surface area contributed by atoms with Crippen molar-refractivity contribution in [3.05, 3.63) is 35.4 Å². The summed E-state index contributed by atoms with van der Waals surface area (Å²) in [6, 6.07) is 6.76. The third kappa shape index (κ3) is 2.73. The first-order valence-corrected chi connectivity index (χ1v) is 7.89. The molecule has 2 atom stereocenters. The standard InChI is InChI=1S/C17H18N2O6/c1-10(14(21)24-2)25-13(20)9-19-15(22)17(18-16(19)23)8-7-11-5-3-4-6-12(11)17/h3-6,10H,7-9H2,1-2H3,(H,18,23)/t10-,17+/m0/s1. The normalized spacial score (nSPS) is 22.6. The number of aryl methyl sites for hydroxylation is 1. The highest BCUT2D eigenvalue weighted by Crippen LogP contribution is 2.41. The summed E-state index contributed by atoms with van der Waals surface area (Å²) in [4.78, 5) is 49.2. The molecule has 2 aliphatic rings. The first-order valence-electron chi connectivity index (χ1n) is 7.89. The smallest absolute Gasteiger partial charge is 0.346 e. The number of ether oxygens (including phenoxy) is 2. The Balaban J connectivity index is 1.75. The predicted molar refractivity (Wildman–Crippen MR) is 84.3 cm³/mol. The van der Waals surface area contributed by atoms with Gasteiger partial charge in [-0.15, -0.1) is 0 Å². The van der Waals surface area contributed by atoms with Crippen LogP contribution in [0.25, 0.3) is 0 Å². The van der Waals surface area contributed by atoms with E-state index in [1.807, 2.05) is 18.2 Å². The van der Waals surface area contributed by atoms with Crippen LogP contribution in [0.5, 0.6) is 0 Å². The number of carbonyl (C=O) groups is 4. The Morgan fingerprint density at radius 1 is 1.32 bits per heavy atom. The molecule has 0 aromatic heterocycles. The molecule has 25 heavy (non-hydrogen) atoms. The highest BCUT2D eigenvalue weighted by atomic mass is 16.6. The number of benzene rings is 1. The molecule has 0 saturated carbocycles. The molecule has 1 heterocycles. The minimum Gasteiger partial charge on any atom is -0.466 e. The summed E-state index contributed by atoms with van der Waals surface area (Å²) in [5.74, 6) is -2.05. The first-order chi connectivity index (χ1) is 11.9. The maximum Gasteiger partial charge on any atom is 0.346 e. The molecule has 8 heteroatoms. The molecule has 8 nitrogen and oxygen atoms in total. The zero-order chi connectivity index (χ0) is 18.2. The van der Waals surface area contributed by atoms with Crippen molar-refractivity contribution in [3.63, 3.8) is 0 Å². The van der Waals surface area contributed by atoms with Crippen molar-refractivity contribution in [2.75, 3.05) is 13.7 Å². The van der Waals surface area contributed by atoms with Gasteiger partial charge in [-0.2, -0.15) is 0 Å². The van der Waals surface area contributed by atoms with E-state index in [-0.39, 0.29) is 0 Å². The molecule has 1 aromatic rings. The van der Waals surface area contributed by atoms with Crippen LogP contribution < -0.4 is 5.32 Å². The number of methoxy groups -OCH3 is 1. The third-order valence-corrected chi connectivity index (χ3v) is 4.55. The van der Waals surface area contributed by atoms with Gasteiger partial charge in [0.05, 0.1) is 7.11 Å². The van der Waals surface area contributed by atoms with Crippen molar-refractivity contribution in [1.82, 2.24) is 10.2 Å². The van der Waals surface area contributed by atoms with E-state index in [4.69, 9.17) is 4.74 Å². The Labute approximate surface area is 144 Å². The SMILES string of the molecule is COC(=O)[C@H](C)OC(=O)CN1C(=O)N[C@@]2(CCc3ccccc32)C1=O. The van der Waals surface area contributed by atoms with E-state index in [1.165, 1.54) is 14.0 Å². The Bertz CT molecular complexity index is 761. The van der Waals surface area contributed by atoms with Gasteiger partial charge < -0.3 is 14.8 Å². The van der Waals surface area contributed by atoms with Gasteiger partial charge >= 0.3 is 18.0 Å². The minimum atomic E-state index is -1.12. The van der Waals surface area contributed by atoms with Crippen LogP contribution in [0.3, 0.4) is 0 Å². The third-order valence-electron chi connectivity index (χ3n) is 4.55. The van der Waals surface area contributed by atoms with E-state index in [1.54, 1.807) is 6.07 Å². The second-order valence-corrected chi connectivity index (χ2v) is 6.04. The number of nitrogens with zero attached hydrogens (tertiary/aromatic N) is 1. The second-order valence-electron chi connectivity index (χ2n) is 6.04. The molecule has 1 aliphatic carbocycles. The van der Waals surface area contributed by atoms with Gasteiger partial charge in [-0.05, 0) is 30.9 Å². The number of nitrogens with one attached hydrogen (secondary N) is 1. The van der Waals surface area contributed by atoms with Crippen LogP contribution in [-0.2, 0) is 35.8 Å². The molecule has 0 bridgehead atoms. The molecule has 1 aromatic carbocycles. The van der Waals surface area contributed by atoms with Crippen molar-refractivity contribution < 1.29 is 28.7 Å². The number of hydrogen-bond donors (Lipinski definition) is 1. The van der Waals surface area contributed by atoms with Gasteiger partial charge in [0.1, 0.15) is 12.1 Å². The Kier molecular flexibility index (Phi) is 4.20. The van der Waals surface area contributed by atoms with Crippen molar-refractivity contribution >= 4 is 23.9 Å². The van der Waals surface area contributed by atoms with E-state index in [0.717, 1.165) is 16.0 Å². The number of fused-ring (bicyclic) bond motifs is 2. The van der Waals surface area contributed by atoms with Crippen LogP contribution in [0.4, 0.5) is 4.79 Å². The monoisotopic (exact) mass is 346 g/mol. The summed E-state index contributed by atoms with van der Waals surface area (Å²) in [5.41, 5.74) is 0.633. The molecule has 1 aliphatic heterocycles. The fraction of sp³-hybridized carbons (Fsp3) is 0.412. The fourth-order valence-electron chi connectivity index (χ4n) is 3.31. The number of carbonyl (C=O) groups excluding carboxylic acids is 4. The molecule has 0 radical (unpaired) electrons. The molecule has 3 amide bonds. The van der Waals surface area contributed by atoms with Gasteiger partial charge in [0, 0.05) is 0 Å². The van der Waals surface area contributed by atoms with Crippen molar-refractivity contribution in [3.8, 4) is 0 Å². The molecule has 1 spiro atoms. The number of rotatable bonds is 4. The topological polar surface area (TPSA) is 102 Å². The highest BCUT2D eigenvalue weighted by molar-refractivity contribution is 6.09. The summed E-state index contributed by atoms with van der Waals surface area (Å²) in [6.07, 6.45) is 0.000354. The lowest BCUT2D eigenvalue weighted by atomic mass is 9.92. The van der Waals surface area contributed by atoms with Crippen molar-refractivity contribution in [1.29, 1.82) is 0 Å². The van der Waals surface area contributed by atoms with Gasteiger partial charge in [0.15, 0.2) is 6.10 Å². The lowest BCUT2D eigenvalue weighted by Gasteiger charge is -2.22. The zero-order valence-corrected chi connectivity index (χ0v) is 13.9. The number of esters is 2. The fourth-order valence-corrected chi connectivity index (χ4v) is 3.31. The van der Waals surface area contributed by atoms with E-state index in [0.29, 0.717) is 12.8 Å². The quantitative estimate of drug-likeness (QED) is 0.629. The first kappa shape index (κ1) is 16.9.